The van der Waals surface area contributed by atoms with E-state index in [1.807, 2.05) is 6.92 Å². The molecule has 2 rings (SSSR count). The van der Waals surface area contributed by atoms with E-state index in [1.54, 1.807) is 0 Å². The van der Waals surface area contributed by atoms with Crippen molar-refractivity contribution in [2.24, 2.45) is 0 Å². The molecule has 0 fully saturated rings. The van der Waals surface area contributed by atoms with Gasteiger partial charge in [0.1, 0.15) is 16.2 Å². The van der Waals surface area contributed by atoms with Crippen molar-refractivity contribution in [1.82, 2.24) is 9.97 Å². The van der Waals surface area contributed by atoms with Gasteiger partial charge in [-0.3, -0.25) is 0 Å². The van der Waals surface area contributed by atoms with Crippen LogP contribution < -0.4 is 0 Å². The molecule has 0 radical (unpaired) electrons. The Balaban J connectivity index is 2.85. The highest BCUT2D eigenvalue weighted by Crippen LogP contribution is 2.28. The first-order valence-electron chi connectivity index (χ1n) is 4.43. The van der Waals surface area contributed by atoms with Crippen molar-refractivity contribution in [1.29, 1.82) is 0 Å². The number of hydrogen-bond acceptors (Lipinski definition) is 2. The lowest BCUT2D eigenvalue weighted by atomic mass is 10.2. The average Bonchev–Trinajstić information content (AvgIpc) is 2.19. The van der Waals surface area contributed by atoms with Crippen molar-refractivity contribution in [3.05, 3.63) is 33.4 Å². The predicted octanol–water partition coefficient (Wildman–Crippen LogP) is 3.75. The molecular formula is C10H7BrClFN2. The van der Waals surface area contributed by atoms with E-state index in [4.69, 9.17) is 11.6 Å². The molecule has 0 amide bonds. The minimum absolute atomic E-state index is 0.308. The zero-order valence-electron chi connectivity index (χ0n) is 7.89. The van der Waals surface area contributed by atoms with Gasteiger partial charge >= 0.3 is 0 Å². The summed E-state index contributed by atoms with van der Waals surface area (Å²) in [6.45, 7) is 1.95. The van der Waals surface area contributed by atoms with Gasteiger partial charge in [0.15, 0.2) is 0 Å². The molecule has 0 bridgehead atoms. The summed E-state index contributed by atoms with van der Waals surface area (Å²) in [7, 11) is 0. The molecule has 0 saturated heterocycles. The third-order valence-electron chi connectivity index (χ3n) is 2.03. The zero-order valence-corrected chi connectivity index (χ0v) is 10.2. The van der Waals surface area contributed by atoms with Gasteiger partial charge in [-0.05, 0) is 28.1 Å². The SMILES string of the molecule is CCc1nc(Br)c2cc(F)cc(Cl)c2n1. The number of fused-ring (bicyclic) bond motifs is 1. The fourth-order valence-electron chi connectivity index (χ4n) is 1.32. The Morgan fingerprint density at radius 2 is 2.13 bits per heavy atom. The summed E-state index contributed by atoms with van der Waals surface area (Å²) in [5.41, 5.74) is 0.580. The van der Waals surface area contributed by atoms with Crippen LogP contribution in [0.4, 0.5) is 4.39 Å². The first-order chi connectivity index (χ1) is 7.11. The van der Waals surface area contributed by atoms with Crippen LogP contribution in [0.15, 0.2) is 16.7 Å². The van der Waals surface area contributed by atoms with E-state index in [0.717, 1.165) is 0 Å². The summed E-state index contributed by atoms with van der Waals surface area (Å²) in [5, 5.41) is 0.903. The fraction of sp³-hybridized carbons (Fsp3) is 0.200. The molecule has 1 aromatic heterocycles. The highest BCUT2D eigenvalue weighted by molar-refractivity contribution is 9.10. The van der Waals surface area contributed by atoms with E-state index < -0.39 is 0 Å². The van der Waals surface area contributed by atoms with E-state index in [-0.39, 0.29) is 5.82 Å². The number of halogens is 3. The first-order valence-corrected chi connectivity index (χ1v) is 5.60. The van der Waals surface area contributed by atoms with Gasteiger partial charge in [-0.25, -0.2) is 14.4 Å². The number of benzene rings is 1. The molecule has 2 aromatic rings. The number of hydrogen-bond donors (Lipinski definition) is 0. The molecular weight excluding hydrogens is 282 g/mol. The fourth-order valence-corrected chi connectivity index (χ4v) is 2.08. The first kappa shape index (κ1) is 10.8. The molecule has 5 heteroatoms. The van der Waals surface area contributed by atoms with E-state index in [0.29, 0.717) is 32.8 Å². The van der Waals surface area contributed by atoms with Crippen LogP contribution >= 0.6 is 27.5 Å². The van der Waals surface area contributed by atoms with Crippen LogP contribution in [0.3, 0.4) is 0 Å². The molecule has 0 saturated carbocycles. The van der Waals surface area contributed by atoms with Crippen LogP contribution in [-0.4, -0.2) is 9.97 Å². The summed E-state index contributed by atoms with van der Waals surface area (Å²) >= 11 is 9.19. The number of aryl methyl sites for hydroxylation is 1. The van der Waals surface area contributed by atoms with E-state index in [9.17, 15) is 4.39 Å². The Labute approximate surface area is 99.6 Å². The molecule has 15 heavy (non-hydrogen) atoms. The van der Waals surface area contributed by atoms with Gasteiger partial charge in [-0.15, -0.1) is 0 Å². The van der Waals surface area contributed by atoms with Crippen LogP contribution in [0.25, 0.3) is 10.9 Å². The summed E-state index contributed by atoms with van der Waals surface area (Å²) in [6, 6.07) is 2.62. The van der Waals surface area contributed by atoms with Crippen LogP contribution in [0.2, 0.25) is 5.02 Å². The monoisotopic (exact) mass is 288 g/mol. The second-order valence-corrected chi connectivity index (χ2v) is 4.23. The second kappa shape index (κ2) is 4.02. The van der Waals surface area contributed by atoms with Crippen LogP contribution in [0.1, 0.15) is 12.7 Å². The molecule has 0 aliphatic heterocycles. The van der Waals surface area contributed by atoms with Gasteiger partial charge in [-0.1, -0.05) is 18.5 Å². The quantitative estimate of drug-likeness (QED) is 0.747. The van der Waals surface area contributed by atoms with Crippen molar-refractivity contribution in [2.45, 2.75) is 13.3 Å². The normalized spacial score (nSPS) is 10.9. The molecule has 0 atom stereocenters. The van der Waals surface area contributed by atoms with Crippen molar-refractivity contribution in [3.8, 4) is 0 Å². The van der Waals surface area contributed by atoms with E-state index in [2.05, 4.69) is 25.9 Å². The summed E-state index contributed by atoms with van der Waals surface area (Å²) in [5.74, 6) is 0.295. The van der Waals surface area contributed by atoms with Gasteiger partial charge in [0, 0.05) is 11.8 Å². The third-order valence-corrected chi connectivity index (χ3v) is 2.93. The molecule has 78 valence electrons. The Morgan fingerprint density at radius 1 is 1.40 bits per heavy atom. The average molecular weight is 290 g/mol. The van der Waals surface area contributed by atoms with Crippen molar-refractivity contribution in [2.75, 3.05) is 0 Å². The van der Waals surface area contributed by atoms with E-state index >= 15 is 0 Å². The molecule has 0 N–H and O–H groups in total. The molecule has 0 unspecified atom stereocenters. The Kier molecular flexibility index (Phi) is 2.89. The zero-order chi connectivity index (χ0) is 11.0. The standard InChI is InChI=1S/C10H7BrClFN2/c1-2-8-14-9-6(10(11)15-8)3-5(13)4-7(9)12/h3-4H,2H2,1H3. The Bertz CT molecular complexity index is 530. The summed E-state index contributed by atoms with van der Waals surface area (Å²) in [6.07, 6.45) is 0.711. The predicted molar refractivity (Wildman–Crippen MR) is 61.6 cm³/mol. The minimum atomic E-state index is -0.388. The summed E-state index contributed by atoms with van der Waals surface area (Å²) in [4.78, 5) is 8.44. The second-order valence-electron chi connectivity index (χ2n) is 3.07. The van der Waals surface area contributed by atoms with Gasteiger partial charge in [0.05, 0.1) is 10.5 Å². The molecule has 0 aliphatic rings. The van der Waals surface area contributed by atoms with Crippen LogP contribution in [-0.2, 0) is 6.42 Å². The van der Waals surface area contributed by atoms with Crippen LogP contribution in [0, 0.1) is 5.82 Å². The number of nitrogens with zero attached hydrogens (tertiary/aromatic N) is 2. The molecule has 1 heterocycles. The van der Waals surface area contributed by atoms with Gasteiger partial charge in [0.2, 0.25) is 0 Å². The maximum absolute atomic E-state index is 13.1. The maximum Gasteiger partial charge on any atom is 0.130 e. The number of rotatable bonds is 1. The van der Waals surface area contributed by atoms with E-state index in [1.165, 1.54) is 12.1 Å². The third kappa shape index (κ3) is 1.96. The molecule has 2 nitrogen and oxygen atoms in total. The topological polar surface area (TPSA) is 25.8 Å². The highest BCUT2D eigenvalue weighted by Gasteiger charge is 2.09. The van der Waals surface area contributed by atoms with Crippen LogP contribution in [0.5, 0.6) is 0 Å². The largest absolute Gasteiger partial charge is 0.231 e. The highest BCUT2D eigenvalue weighted by atomic mass is 79.9. The molecule has 0 aliphatic carbocycles. The van der Waals surface area contributed by atoms with Gasteiger partial charge < -0.3 is 0 Å². The van der Waals surface area contributed by atoms with Crippen molar-refractivity contribution >= 4 is 38.4 Å². The lowest BCUT2D eigenvalue weighted by molar-refractivity contribution is 0.629. The lowest BCUT2D eigenvalue weighted by Gasteiger charge is -2.04. The maximum atomic E-state index is 13.1. The minimum Gasteiger partial charge on any atom is -0.231 e. The summed E-state index contributed by atoms with van der Waals surface area (Å²) < 4.78 is 13.7. The molecule has 1 aromatic carbocycles. The Morgan fingerprint density at radius 3 is 2.80 bits per heavy atom. The van der Waals surface area contributed by atoms with Gasteiger partial charge in [0.25, 0.3) is 0 Å². The molecule has 0 spiro atoms. The lowest BCUT2D eigenvalue weighted by Crippen LogP contribution is -1.95. The smallest absolute Gasteiger partial charge is 0.130 e. The van der Waals surface area contributed by atoms with Gasteiger partial charge in [-0.2, -0.15) is 0 Å². The van der Waals surface area contributed by atoms with Crippen molar-refractivity contribution in [3.63, 3.8) is 0 Å². The Hall–Kier alpha value is -0.740. The number of aromatic nitrogens is 2. The van der Waals surface area contributed by atoms with Crippen molar-refractivity contribution < 1.29 is 4.39 Å².